The van der Waals surface area contributed by atoms with Gasteiger partial charge >= 0.3 is 12.4 Å². The summed E-state index contributed by atoms with van der Waals surface area (Å²) in [4.78, 5) is 12.4. The van der Waals surface area contributed by atoms with E-state index in [-0.39, 0.29) is 11.7 Å². The van der Waals surface area contributed by atoms with Gasteiger partial charge in [0.2, 0.25) is 0 Å². The van der Waals surface area contributed by atoms with Gasteiger partial charge in [-0.1, -0.05) is 36.8 Å². The van der Waals surface area contributed by atoms with Crippen molar-refractivity contribution >= 4 is 17.4 Å². The van der Waals surface area contributed by atoms with Gasteiger partial charge in [0.25, 0.3) is 0 Å². The molecule has 0 bridgehead atoms. The van der Waals surface area contributed by atoms with Gasteiger partial charge in [-0.05, 0) is 36.8 Å². The number of nitrogens with one attached hydrogen (secondary N) is 1. The first-order valence-electron chi connectivity index (χ1n) is 8.31. The summed E-state index contributed by atoms with van der Waals surface area (Å²) in [5.74, 6) is -0.281. The monoisotopic (exact) mass is 377 g/mol. The molecule has 0 radical (unpaired) electrons. The molecule has 0 aromatic heterocycles. The average Bonchev–Trinajstić information content (AvgIpc) is 2.98. The molecular formula is C19H18F3N3O2. The van der Waals surface area contributed by atoms with Crippen LogP contribution in [0.4, 0.5) is 23.7 Å². The fraction of sp³-hybridized carbons (Fsp3) is 0.263. The van der Waals surface area contributed by atoms with E-state index in [9.17, 15) is 18.0 Å². The SMILES string of the molecule is Cc1ccc(C2=NN(C(=O)Nc3ccc(OC(F)(F)F)cc3)CC2C)cc1. The molecule has 8 heteroatoms. The smallest absolute Gasteiger partial charge is 0.406 e. The number of carbonyl (C=O) groups is 1. The summed E-state index contributed by atoms with van der Waals surface area (Å²) in [6.45, 7) is 4.40. The number of hydrogen-bond donors (Lipinski definition) is 1. The van der Waals surface area contributed by atoms with E-state index in [4.69, 9.17) is 0 Å². The number of halogens is 3. The molecule has 1 atom stereocenters. The molecule has 2 aromatic carbocycles. The Hall–Kier alpha value is -3.03. The van der Waals surface area contributed by atoms with Crippen LogP contribution in [0.3, 0.4) is 0 Å². The van der Waals surface area contributed by atoms with Crippen molar-refractivity contribution < 1.29 is 22.7 Å². The number of alkyl halides is 3. The molecule has 1 aliphatic rings. The molecule has 1 aliphatic heterocycles. The Bertz CT molecular complexity index is 846. The highest BCUT2D eigenvalue weighted by molar-refractivity contribution is 6.04. The quantitative estimate of drug-likeness (QED) is 0.837. The molecule has 0 saturated carbocycles. The number of benzene rings is 2. The normalized spacial score (nSPS) is 16.9. The summed E-state index contributed by atoms with van der Waals surface area (Å²) in [5, 5.41) is 8.33. The van der Waals surface area contributed by atoms with Gasteiger partial charge < -0.3 is 10.1 Å². The van der Waals surface area contributed by atoms with Crippen LogP contribution in [0.5, 0.6) is 5.75 Å². The van der Waals surface area contributed by atoms with Crippen LogP contribution in [0.1, 0.15) is 18.1 Å². The van der Waals surface area contributed by atoms with E-state index < -0.39 is 12.4 Å². The Balaban J connectivity index is 1.67. The van der Waals surface area contributed by atoms with Crippen molar-refractivity contribution in [2.24, 2.45) is 11.0 Å². The fourth-order valence-corrected chi connectivity index (χ4v) is 2.74. The van der Waals surface area contributed by atoms with Gasteiger partial charge in [0, 0.05) is 11.6 Å². The Morgan fingerprint density at radius 2 is 1.78 bits per heavy atom. The van der Waals surface area contributed by atoms with Crippen molar-refractivity contribution in [2.75, 3.05) is 11.9 Å². The van der Waals surface area contributed by atoms with Gasteiger partial charge in [-0.2, -0.15) is 5.10 Å². The third kappa shape index (κ3) is 4.78. The standard InChI is InChI=1S/C19H18F3N3O2/c1-12-3-5-14(6-4-12)17-13(2)11-25(24-17)18(26)23-15-7-9-16(10-8-15)27-19(20,21)22/h3-10,13H,11H2,1-2H3,(H,23,26). The van der Waals surface area contributed by atoms with Gasteiger partial charge in [-0.3, -0.25) is 0 Å². The molecule has 0 fully saturated rings. The lowest BCUT2D eigenvalue weighted by Gasteiger charge is -2.14. The van der Waals surface area contributed by atoms with Crippen LogP contribution in [0.25, 0.3) is 0 Å². The first kappa shape index (κ1) is 18.8. The Kier molecular flexibility index (Phi) is 5.07. The van der Waals surface area contributed by atoms with Crippen LogP contribution >= 0.6 is 0 Å². The topological polar surface area (TPSA) is 53.9 Å². The van der Waals surface area contributed by atoms with Crippen LogP contribution in [-0.4, -0.2) is 29.7 Å². The summed E-state index contributed by atoms with van der Waals surface area (Å²) in [6, 6.07) is 12.4. The van der Waals surface area contributed by atoms with Crippen LogP contribution in [0.2, 0.25) is 0 Å². The number of urea groups is 1. The first-order chi connectivity index (χ1) is 12.7. The van der Waals surface area contributed by atoms with E-state index in [0.717, 1.165) is 29.0 Å². The van der Waals surface area contributed by atoms with Gasteiger partial charge in [0.15, 0.2) is 0 Å². The molecule has 27 heavy (non-hydrogen) atoms. The predicted octanol–water partition coefficient (Wildman–Crippen LogP) is 4.78. The second-order valence-corrected chi connectivity index (χ2v) is 6.34. The molecule has 1 unspecified atom stereocenters. The summed E-state index contributed by atoms with van der Waals surface area (Å²) in [7, 11) is 0. The summed E-state index contributed by atoms with van der Waals surface area (Å²) < 4.78 is 40.3. The van der Waals surface area contributed by atoms with Gasteiger partial charge in [0.05, 0.1) is 12.3 Å². The number of hydrogen-bond acceptors (Lipinski definition) is 3. The lowest BCUT2D eigenvalue weighted by molar-refractivity contribution is -0.274. The van der Waals surface area contributed by atoms with Gasteiger partial charge in [0.1, 0.15) is 5.75 Å². The third-order valence-corrected chi connectivity index (χ3v) is 4.06. The molecule has 1 heterocycles. The first-order valence-corrected chi connectivity index (χ1v) is 8.31. The second kappa shape index (κ2) is 7.30. The zero-order valence-corrected chi connectivity index (χ0v) is 14.7. The van der Waals surface area contributed by atoms with Crippen molar-refractivity contribution in [1.82, 2.24) is 5.01 Å². The molecule has 0 saturated heterocycles. The zero-order valence-electron chi connectivity index (χ0n) is 14.7. The number of anilines is 1. The van der Waals surface area contributed by atoms with E-state index >= 15 is 0 Å². The lowest BCUT2D eigenvalue weighted by Crippen LogP contribution is -2.30. The Labute approximate surface area is 154 Å². The summed E-state index contributed by atoms with van der Waals surface area (Å²) in [6.07, 6.45) is -4.75. The number of amides is 2. The van der Waals surface area contributed by atoms with Crippen molar-refractivity contribution in [2.45, 2.75) is 20.2 Å². The van der Waals surface area contributed by atoms with E-state index in [0.29, 0.717) is 12.2 Å². The minimum atomic E-state index is -4.75. The second-order valence-electron chi connectivity index (χ2n) is 6.34. The Morgan fingerprint density at radius 3 is 2.37 bits per heavy atom. The molecule has 2 aromatic rings. The highest BCUT2D eigenvalue weighted by atomic mass is 19.4. The van der Waals surface area contributed by atoms with Crippen LogP contribution in [-0.2, 0) is 0 Å². The highest BCUT2D eigenvalue weighted by Gasteiger charge is 2.31. The number of hydrazone groups is 1. The molecule has 5 nitrogen and oxygen atoms in total. The number of aryl methyl sites for hydroxylation is 1. The fourth-order valence-electron chi connectivity index (χ4n) is 2.74. The third-order valence-electron chi connectivity index (χ3n) is 4.06. The maximum Gasteiger partial charge on any atom is 0.573 e. The van der Waals surface area contributed by atoms with Gasteiger partial charge in [-0.25, -0.2) is 9.80 Å². The molecule has 0 aliphatic carbocycles. The molecular weight excluding hydrogens is 359 g/mol. The number of nitrogens with zero attached hydrogens (tertiary/aromatic N) is 2. The van der Waals surface area contributed by atoms with E-state index in [1.165, 1.54) is 17.1 Å². The minimum Gasteiger partial charge on any atom is -0.406 e. The van der Waals surface area contributed by atoms with E-state index in [1.807, 2.05) is 38.1 Å². The lowest BCUT2D eigenvalue weighted by atomic mass is 9.99. The highest BCUT2D eigenvalue weighted by Crippen LogP contribution is 2.25. The van der Waals surface area contributed by atoms with E-state index in [2.05, 4.69) is 15.2 Å². The maximum absolute atomic E-state index is 12.4. The summed E-state index contributed by atoms with van der Waals surface area (Å²) >= 11 is 0. The summed E-state index contributed by atoms with van der Waals surface area (Å²) in [5.41, 5.74) is 3.26. The number of ether oxygens (including phenoxy) is 1. The molecule has 3 rings (SSSR count). The largest absolute Gasteiger partial charge is 0.573 e. The molecule has 1 N–H and O–H groups in total. The maximum atomic E-state index is 12.4. The van der Waals surface area contributed by atoms with Crippen molar-refractivity contribution in [3.05, 3.63) is 59.7 Å². The number of carbonyl (C=O) groups excluding carboxylic acids is 1. The zero-order chi connectivity index (χ0) is 19.6. The number of rotatable bonds is 3. The molecule has 2 amide bonds. The minimum absolute atomic E-state index is 0.0704. The van der Waals surface area contributed by atoms with Gasteiger partial charge in [-0.15, -0.1) is 13.2 Å². The van der Waals surface area contributed by atoms with Crippen molar-refractivity contribution in [1.29, 1.82) is 0 Å². The Morgan fingerprint density at radius 1 is 1.15 bits per heavy atom. The van der Waals surface area contributed by atoms with Crippen LogP contribution in [0.15, 0.2) is 53.6 Å². The van der Waals surface area contributed by atoms with Crippen LogP contribution in [0, 0.1) is 12.8 Å². The average molecular weight is 377 g/mol. The predicted molar refractivity (Wildman–Crippen MR) is 95.7 cm³/mol. The van der Waals surface area contributed by atoms with Crippen molar-refractivity contribution in [3.63, 3.8) is 0 Å². The van der Waals surface area contributed by atoms with Crippen molar-refractivity contribution in [3.8, 4) is 5.75 Å². The van der Waals surface area contributed by atoms with E-state index in [1.54, 1.807) is 0 Å². The molecule has 142 valence electrons. The van der Waals surface area contributed by atoms with Crippen LogP contribution < -0.4 is 10.1 Å². The molecule has 0 spiro atoms.